The van der Waals surface area contributed by atoms with Crippen LogP contribution in [0.25, 0.3) is 0 Å². The molecule has 20 heavy (non-hydrogen) atoms. The molecule has 0 bridgehead atoms. The molecule has 0 fully saturated rings. The summed E-state index contributed by atoms with van der Waals surface area (Å²) in [5.74, 6) is -0.363. The summed E-state index contributed by atoms with van der Waals surface area (Å²) in [5, 5.41) is 0. The molecule has 0 saturated heterocycles. The molecule has 2 N–H and O–H groups in total. The number of carbonyl (C=O) groups is 1. The zero-order chi connectivity index (χ0) is 15.0. The summed E-state index contributed by atoms with van der Waals surface area (Å²) in [6.07, 6.45) is 7.00. The zero-order valence-corrected chi connectivity index (χ0v) is 14.9. The van der Waals surface area contributed by atoms with E-state index in [9.17, 15) is 4.79 Å². The van der Waals surface area contributed by atoms with E-state index in [2.05, 4.69) is 38.8 Å². The normalized spacial score (nSPS) is 10.6. The Morgan fingerprint density at radius 2 is 1.80 bits per heavy atom. The summed E-state index contributed by atoms with van der Waals surface area (Å²) >= 11 is 6.66. The standard InChI is InChI=1S/C15H21Br2NO2/c1-2-3-4-5-6-7-8-20-15(19)12-9-11(16)10-13(17)14(12)18/h9-10H,2-8,18H2,1H3. The number of carbonyl (C=O) groups excluding carboxylic acids is 1. The molecule has 1 aromatic carbocycles. The predicted molar refractivity (Wildman–Crippen MR) is 89.9 cm³/mol. The Morgan fingerprint density at radius 1 is 1.15 bits per heavy atom. The number of nitrogens with two attached hydrogens (primary N) is 1. The van der Waals surface area contributed by atoms with Crippen LogP contribution in [0.2, 0.25) is 0 Å². The van der Waals surface area contributed by atoms with Crippen molar-refractivity contribution in [1.29, 1.82) is 0 Å². The van der Waals surface area contributed by atoms with Crippen molar-refractivity contribution in [3.8, 4) is 0 Å². The molecule has 112 valence electrons. The Morgan fingerprint density at radius 3 is 2.50 bits per heavy atom. The quantitative estimate of drug-likeness (QED) is 0.361. The van der Waals surface area contributed by atoms with Crippen molar-refractivity contribution in [2.45, 2.75) is 45.4 Å². The Bertz CT molecular complexity index is 450. The predicted octanol–water partition coefficient (Wildman–Crippen LogP) is 5.31. The van der Waals surface area contributed by atoms with E-state index in [1.807, 2.05) is 0 Å². The molecule has 0 amide bonds. The van der Waals surface area contributed by atoms with Crippen LogP contribution in [0.15, 0.2) is 21.1 Å². The van der Waals surface area contributed by atoms with Gasteiger partial charge in [0, 0.05) is 8.95 Å². The molecule has 0 spiro atoms. The van der Waals surface area contributed by atoms with Crippen LogP contribution in [0.4, 0.5) is 5.69 Å². The summed E-state index contributed by atoms with van der Waals surface area (Å²) in [6.45, 7) is 2.65. The molecule has 0 aliphatic heterocycles. The highest BCUT2D eigenvalue weighted by molar-refractivity contribution is 9.11. The van der Waals surface area contributed by atoms with E-state index in [0.717, 1.165) is 17.3 Å². The van der Waals surface area contributed by atoms with Crippen molar-refractivity contribution in [1.82, 2.24) is 0 Å². The highest BCUT2D eigenvalue weighted by atomic mass is 79.9. The summed E-state index contributed by atoms with van der Waals surface area (Å²) in [5.41, 5.74) is 6.69. The Kier molecular flexibility index (Phi) is 8.22. The first-order chi connectivity index (χ1) is 9.56. The van der Waals surface area contributed by atoms with Crippen LogP contribution in [0, 0.1) is 0 Å². The van der Waals surface area contributed by atoms with Gasteiger partial charge in [-0.2, -0.15) is 0 Å². The van der Waals surface area contributed by atoms with Crippen molar-refractivity contribution in [3.05, 3.63) is 26.6 Å². The van der Waals surface area contributed by atoms with Gasteiger partial charge in [0.15, 0.2) is 0 Å². The van der Waals surface area contributed by atoms with Crippen molar-refractivity contribution < 1.29 is 9.53 Å². The number of rotatable bonds is 8. The fraction of sp³-hybridized carbons (Fsp3) is 0.533. The van der Waals surface area contributed by atoms with Crippen LogP contribution in [0.5, 0.6) is 0 Å². The van der Waals surface area contributed by atoms with E-state index < -0.39 is 0 Å². The van der Waals surface area contributed by atoms with Gasteiger partial charge in [-0.3, -0.25) is 0 Å². The number of unbranched alkanes of at least 4 members (excludes halogenated alkanes) is 5. The summed E-state index contributed by atoms with van der Waals surface area (Å²) < 4.78 is 6.75. The largest absolute Gasteiger partial charge is 0.462 e. The maximum absolute atomic E-state index is 12.0. The lowest BCUT2D eigenvalue weighted by Crippen LogP contribution is -2.09. The first-order valence-corrected chi connectivity index (χ1v) is 8.56. The van der Waals surface area contributed by atoms with Crippen molar-refractivity contribution in [3.63, 3.8) is 0 Å². The molecule has 0 radical (unpaired) electrons. The van der Waals surface area contributed by atoms with Crippen LogP contribution in [-0.2, 0) is 4.74 Å². The van der Waals surface area contributed by atoms with E-state index in [-0.39, 0.29) is 5.97 Å². The average molecular weight is 407 g/mol. The average Bonchev–Trinajstić information content (AvgIpc) is 2.41. The fourth-order valence-electron chi connectivity index (χ4n) is 1.88. The molecule has 5 heteroatoms. The number of hydrogen-bond donors (Lipinski definition) is 1. The lowest BCUT2D eigenvalue weighted by Gasteiger charge is -2.09. The van der Waals surface area contributed by atoms with Crippen LogP contribution in [0.1, 0.15) is 55.8 Å². The van der Waals surface area contributed by atoms with Gasteiger partial charge in [-0.1, -0.05) is 55.0 Å². The molecule has 0 heterocycles. The van der Waals surface area contributed by atoms with E-state index >= 15 is 0 Å². The third-order valence-corrected chi connectivity index (χ3v) is 4.16. The number of halogens is 2. The molecule has 0 aromatic heterocycles. The van der Waals surface area contributed by atoms with Crippen molar-refractivity contribution >= 4 is 43.5 Å². The van der Waals surface area contributed by atoms with Gasteiger partial charge in [0.25, 0.3) is 0 Å². The third-order valence-electron chi connectivity index (χ3n) is 3.05. The lowest BCUT2D eigenvalue weighted by molar-refractivity contribution is 0.0499. The van der Waals surface area contributed by atoms with E-state index in [0.29, 0.717) is 22.3 Å². The van der Waals surface area contributed by atoms with Gasteiger partial charge in [-0.15, -0.1) is 0 Å². The second-order valence-electron chi connectivity index (χ2n) is 4.75. The molecule has 0 atom stereocenters. The number of nitrogen functional groups attached to an aromatic ring is 1. The maximum Gasteiger partial charge on any atom is 0.340 e. The Hall–Kier alpha value is -0.550. The van der Waals surface area contributed by atoms with Gasteiger partial charge in [0.1, 0.15) is 0 Å². The van der Waals surface area contributed by atoms with Crippen LogP contribution in [-0.4, -0.2) is 12.6 Å². The summed E-state index contributed by atoms with van der Waals surface area (Å²) in [7, 11) is 0. The van der Waals surface area contributed by atoms with Crippen LogP contribution in [0.3, 0.4) is 0 Å². The minimum atomic E-state index is -0.363. The van der Waals surface area contributed by atoms with E-state index in [4.69, 9.17) is 10.5 Å². The minimum absolute atomic E-state index is 0.363. The lowest BCUT2D eigenvalue weighted by atomic mass is 10.1. The number of ether oxygens (including phenoxy) is 1. The minimum Gasteiger partial charge on any atom is -0.462 e. The molecule has 1 aromatic rings. The van der Waals surface area contributed by atoms with Crippen molar-refractivity contribution in [2.24, 2.45) is 0 Å². The highest BCUT2D eigenvalue weighted by Crippen LogP contribution is 2.28. The van der Waals surface area contributed by atoms with Crippen molar-refractivity contribution in [2.75, 3.05) is 12.3 Å². The molecule has 0 aliphatic rings. The monoisotopic (exact) mass is 405 g/mol. The second kappa shape index (κ2) is 9.40. The Balaban J connectivity index is 2.36. The molecule has 0 saturated carbocycles. The Labute approximate surface area is 137 Å². The van der Waals surface area contributed by atoms with Gasteiger partial charge in [0.2, 0.25) is 0 Å². The van der Waals surface area contributed by atoms with E-state index in [1.165, 1.54) is 25.7 Å². The number of anilines is 1. The summed E-state index contributed by atoms with van der Waals surface area (Å²) in [6, 6.07) is 3.49. The molecule has 1 rings (SSSR count). The van der Waals surface area contributed by atoms with Gasteiger partial charge in [0.05, 0.1) is 17.9 Å². The number of hydrogen-bond acceptors (Lipinski definition) is 3. The molecule has 0 aliphatic carbocycles. The smallest absolute Gasteiger partial charge is 0.340 e. The zero-order valence-electron chi connectivity index (χ0n) is 11.8. The van der Waals surface area contributed by atoms with Gasteiger partial charge in [-0.05, 0) is 34.5 Å². The second-order valence-corrected chi connectivity index (χ2v) is 6.52. The summed E-state index contributed by atoms with van der Waals surface area (Å²) in [4.78, 5) is 12.0. The molecule has 0 unspecified atom stereocenters. The van der Waals surface area contributed by atoms with E-state index in [1.54, 1.807) is 12.1 Å². The third kappa shape index (κ3) is 5.83. The molecular weight excluding hydrogens is 386 g/mol. The first kappa shape index (κ1) is 17.5. The maximum atomic E-state index is 12.0. The van der Waals surface area contributed by atoms with Crippen LogP contribution >= 0.6 is 31.9 Å². The number of esters is 1. The molecular formula is C15H21Br2NO2. The number of benzene rings is 1. The van der Waals surface area contributed by atoms with Crippen LogP contribution < -0.4 is 5.73 Å². The first-order valence-electron chi connectivity index (χ1n) is 6.98. The topological polar surface area (TPSA) is 52.3 Å². The van der Waals surface area contributed by atoms with Gasteiger partial charge in [-0.25, -0.2) is 4.79 Å². The highest BCUT2D eigenvalue weighted by Gasteiger charge is 2.14. The fourth-order valence-corrected chi connectivity index (χ4v) is 3.10. The molecule has 3 nitrogen and oxygen atoms in total. The van der Waals surface area contributed by atoms with Gasteiger partial charge < -0.3 is 10.5 Å². The van der Waals surface area contributed by atoms with Gasteiger partial charge >= 0.3 is 5.97 Å². The SMILES string of the molecule is CCCCCCCCOC(=O)c1cc(Br)cc(Br)c1N.